The van der Waals surface area contributed by atoms with Gasteiger partial charge in [0.05, 0.1) is 13.2 Å². The maximum absolute atomic E-state index is 11.6. The molecule has 1 rings (SSSR count). The Labute approximate surface area is 140 Å². The van der Waals surface area contributed by atoms with Crippen LogP contribution in [0.3, 0.4) is 0 Å². The SMILES string of the molecule is CN=C(NCC(=O)NCCOC)NC(C)CCC1CCCCC1. The number of hydrogen-bond donors (Lipinski definition) is 3. The summed E-state index contributed by atoms with van der Waals surface area (Å²) < 4.78 is 4.90. The number of carbonyl (C=O) groups is 1. The van der Waals surface area contributed by atoms with E-state index in [1.54, 1.807) is 14.2 Å². The van der Waals surface area contributed by atoms with Crippen LogP contribution in [0.2, 0.25) is 0 Å². The highest BCUT2D eigenvalue weighted by molar-refractivity contribution is 5.86. The van der Waals surface area contributed by atoms with Crippen LogP contribution in [0.4, 0.5) is 0 Å². The van der Waals surface area contributed by atoms with Gasteiger partial charge < -0.3 is 20.7 Å². The first-order chi connectivity index (χ1) is 11.2. The smallest absolute Gasteiger partial charge is 0.239 e. The van der Waals surface area contributed by atoms with Crippen molar-refractivity contribution in [3.8, 4) is 0 Å². The number of ether oxygens (including phenoxy) is 1. The molecule has 1 saturated carbocycles. The van der Waals surface area contributed by atoms with E-state index in [1.807, 2.05) is 0 Å². The Morgan fingerprint density at radius 3 is 2.65 bits per heavy atom. The largest absolute Gasteiger partial charge is 0.383 e. The van der Waals surface area contributed by atoms with Gasteiger partial charge >= 0.3 is 0 Å². The predicted molar refractivity (Wildman–Crippen MR) is 94.7 cm³/mol. The van der Waals surface area contributed by atoms with E-state index in [1.165, 1.54) is 38.5 Å². The summed E-state index contributed by atoms with van der Waals surface area (Å²) in [6, 6.07) is 0.361. The highest BCUT2D eigenvalue weighted by Crippen LogP contribution is 2.27. The molecule has 0 spiro atoms. The van der Waals surface area contributed by atoms with E-state index in [0.29, 0.717) is 25.2 Å². The molecule has 1 atom stereocenters. The topological polar surface area (TPSA) is 74.8 Å². The zero-order chi connectivity index (χ0) is 16.9. The van der Waals surface area contributed by atoms with Gasteiger partial charge in [-0.1, -0.05) is 32.1 Å². The lowest BCUT2D eigenvalue weighted by Gasteiger charge is -2.24. The van der Waals surface area contributed by atoms with E-state index in [2.05, 4.69) is 27.9 Å². The van der Waals surface area contributed by atoms with E-state index in [0.717, 1.165) is 12.3 Å². The van der Waals surface area contributed by atoms with Crippen molar-refractivity contribution in [3.63, 3.8) is 0 Å². The summed E-state index contributed by atoms with van der Waals surface area (Å²) in [6.07, 6.45) is 9.41. The number of hydrogen-bond acceptors (Lipinski definition) is 3. The van der Waals surface area contributed by atoms with E-state index in [-0.39, 0.29) is 12.5 Å². The maximum Gasteiger partial charge on any atom is 0.239 e. The summed E-state index contributed by atoms with van der Waals surface area (Å²) in [5.74, 6) is 1.53. The number of carbonyl (C=O) groups excluding carboxylic acids is 1. The van der Waals surface area contributed by atoms with Crippen molar-refractivity contribution >= 4 is 11.9 Å². The van der Waals surface area contributed by atoms with Crippen LogP contribution in [0.25, 0.3) is 0 Å². The Morgan fingerprint density at radius 2 is 2.00 bits per heavy atom. The normalized spacial score (nSPS) is 17.6. The average Bonchev–Trinajstić information content (AvgIpc) is 2.58. The monoisotopic (exact) mass is 326 g/mol. The zero-order valence-electron chi connectivity index (χ0n) is 15.0. The number of nitrogens with one attached hydrogen (secondary N) is 3. The van der Waals surface area contributed by atoms with Crippen LogP contribution in [0.5, 0.6) is 0 Å². The first-order valence-corrected chi connectivity index (χ1v) is 8.88. The lowest BCUT2D eigenvalue weighted by atomic mass is 9.85. The molecule has 6 heteroatoms. The van der Waals surface area contributed by atoms with Crippen molar-refractivity contribution in [1.29, 1.82) is 0 Å². The molecule has 0 aromatic rings. The number of nitrogens with zero attached hydrogens (tertiary/aromatic N) is 1. The van der Waals surface area contributed by atoms with Gasteiger partial charge in [0, 0.05) is 26.7 Å². The molecule has 0 bridgehead atoms. The molecule has 1 aliphatic carbocycles. The molecule has 0 aromatic carbocycles. The van der Waals surface area contributed by atoms with Crippen LogP contribution in [0.15, 0.2) is 4.99 Å². The van der Waals surface area contributed by atoms with Crippen molar-refractivity contribution in [2.45, 2.75) is 57.9 Å². The van der Waals surface area contributed by atoms with Crippen LogP contribution >= 0.6 is 0 Å². The fourth-order valence-corrected chi connectivity index (χ4v) is 2.98. The first-order valence-electron chi connectivity index (χ1n) is 8.88. The molecule has 1 amide bonds. The molecule has 0 radical (unpaired) electrons. The molecule has 3 N–H and O–H groups in total. The summed E-state index contributed by atoms with van der Waals surface area (Å²) >= 11 is 0. The summed E-state index contributed by atoms with van der Waals surface area (Å²) in [5, 5.41) is 9.19. The van der Waals surface area contributed by atoms with Crippen molar-refractivity contribution < 1.29 is 9.53 Å². The minimum absolute atomic E-state index is 0.0557. The molecule has 1 unspecified atom stereocenters. The number of aliphatic imine (C=N–C) groups is 1. The van der Waals surface area contributed by atoms with Crippen LogP contribution in [-0.4, -0.2) is 51.8 Å². The number of rotatable bonds is 9. The average molecular weight is 326 g/mol. The molecule has 1 aliphatic rings. The Morgan fingerprint density at radius 1 is 1.26 bits per heavy atom. The summed E-state index contributed by atoms with van der Waals surface area (Å²) in [4.78, 5) is 15.8. The van der Waals surface area contributed by atoms with Crippen molar-refractivity contribution in [2.75, 3.05) is 33.9 Å². The Balaban J connectivity index is 2.17. The Bertz CT molecular complexity index is 355. The molecular weight excluding hydrogens is 292 g/mol. The van der Waals surface area contributed by atoms with Crippen molar-refractivity contribution in [2.24, 2.45) is 10.9 Å². The summed E-state index contributed by atoms with van der Waals surface area (Å²) in [7, 11) is 3.34. The molecule has 6 nitrogen and oxygen atoms in total. The highest BCUT2D eigenvalue weighted by atomic mass is 16.5. The second-order valence-corrected chi connectivity index (χ2v) is 6.40. The molecule has 0 heterocycles. The van der Waals surface area contributed by atoms with Gasteiger partial charge in [0.2, 0.25) is 5.91 Å². The van der Waals surface area contributed by atoms with E-state index >= 15 is 0 Å². The molecule has 0 aromatic heterocycles. The predicted octanol–water partition coefficient (Wildman–Crippen LogP) is 1.66. The van der Waals surface area contributed by atoms with Gasteiger partial charge in [-0.15, -0.1) is 0 Å². The quantitative estimate of drug-likeness (QED) is 0.342. The van der Waals surface area contributed by atoms with Gasteiger partial charge in [0.25, 0.3) is 0 Å². The summed E-state index contributed by atoms with van der Waals surface area (Å²) in [6.45, 7) is 3.45. The van der Waals surface area contributed by atoms with E-state index in [4.69, 9.17) is 4.74 Å². The molecule has 23 heavy (non-hydrogen) atoms. The summed E-state index contributed by atoms with van der Waals surface area (Å²) in [5.41, 5.74) is 0. The standard InChI is InChI=1S/C17H34N4O2/c1-14(9-10-15-7-5-4-6-8-15)21-17(18-2)20-13-16(22)19-11-12-23-3/h14-15H,4-13H2,1-3H3,(H,19,22)(H2,18,20,21). The zero-order valence-corrected chi connectivity index (χ0v) is 15.0. The molecule has 0 saturated heterocycles. The van der Waals surface area contributed by atoms with Crippen LogP contribution in [-0.2, 0) is 9.53 Å². The third kappa shape index (κ3) is 9.43. The van der Waals surface area contributed by atoms with E-state index in [9.17, 15) is 4.79 Å². The Hall–Kier alpha value is -1.30. The number of guanidine groups is 1. The van der Waals surface area contributed by atoms with Gasteiger partial charge in [-0.3, -0.25) is 9.79 Å². The fourth-order valence-electron chi connectivity index (χ4n) is 2.98. The van der Waals surface area contributed by atoms with Crippen molar-refractivity contribution in [1.82, 2.24) is 16.0 Å². The molecule has 1 fully saturated rings. The highest BCUT2D eigenvalue weighted by Gasteiger charge is 2.15. The van der Waals surface area contributed by atoms with Gasteiger partial charge in [-0.25, -0.2) is 0 Å². The minimum atomic E-state index is -0.0557. The van der Waals surface area contributed by atoms with Crippen LogP contribution < -0.4 is 16.0 Å². The third-order valence-corrected chi connectivity index (χ3v) is 4.38. The number of amides is 1. The van der Waals surface area contributed by atoms with Crippen LogP contribution in [0, 0.1) is 5.92 Å². The van der Waals surface area contributed by atoms with Crippen LogP contribution in [0.1, 0.15) is 51.9 Å². The lowest BCUT2D eigenvalue weighted by molar-refractivity contribution is -0.120. The number of methoxy groups -OCH3 is 1. The molecule has 0 aliphatic heterocycles. The van der Waals surface area contributed by atoms with Gasteiger partial charge in [0.1, 0.15) is 0 Å². The molecule has 134 valence electrons. The Kier molecular flexibility index (Phi) is 10.4. The van der Waals surface area contributed by atoms with E-state index < -0.39 is 0 Å². The second-order valence-electron chi connectivity index (χ2n) is 6.40. The van der Waals surface area contributed by atoms with Crippen molar-refractivity contribution in [3.05, 3.63) is 0 Å². The van der Waals surface area contributed by atoms with Gasteiger partial charge in [-0.05, 0) is 25.7 Å². The minimum Gasteiger partial charge on any atom is -0.383 e. The molecular formula is C17H34N4O2. The fraction of sp³-hybridized carbons (Fsp3) is 0.882. The van der Waals surface area contributed by atoms with Gasteiger partial charge in [-0.2, -0.15) is 0 Å². The lowest BCUT2D eigenvalue weighted by Crippen LogP contribution is -2.46. The second kappa shape index (κ2) is 12.2. The maximum atomic E-state index is 11.6. The first kappa shape index (κ1) is 19.7. The van der Waals surface area contributed by atoms with Gasteiger partial charge in [0.15, 0.2) is 5.96 Å². The third-order valence-electron chi connectivity index (χ3n) is 4.38.